The average Bonchev–Trinajstić information content (AvgIpc) is 3.05. The Hall–Kier alpha value is -2.23. The number of hydrogen-bond acceptors (Lipinski definition) is 5. The van der Waals surface area contributed by atoms with Gasteiger partial charge in [0.05, 0.1) is 34.1 Å². The first kappa shape index (κ1) is 16.1. The van der Waals surface area contributed by atoms with E-state index in [-0.39, 0.29) is 11.7 Å². The fourth-order valence-corrected chi connectivity index (χ4v) is 2.19. The summed E-state index contributed by atoms with van der Waals surface area (Å²) >= 11 is 3.27. The van der Waals surface area contributed by atoms with E-state index in [0.717, 1.165) is 4.47 Å². The molecule has 0 spiro atoms. The number of halogens is 1. The lowest BCUT2D eigenvalue weighted by atomic mass is 10.3. The molecule has 0 aliphatic heterocycles. The number of hydrogen-bond donors (Lipinski definition) is 1. The van der Waals surface area contributed by atoms with Crippen molar-refractivity contribution in [1.29, 1.82) is 0 Å². The maximum absolute atomic E-state index is 12.0. The molecule has 0 bridgehead atoms. The van der Waals surface area contributed by atoms with Gasteiger partial charge in [0.2, 0.25) is 5.91 Å². The Morgan fingerprint density at radius 1 is 1.59 bits per heavy atom. The molecule has 2 heterocycles. The van der Waals surface area contributed by atoms with Crippen LogP contribution in [-0.2, 0) is 11.3 Å². The summed E-state index contributed by atoms with van der Waals surface area (Å²) in [6.07, 6.45) is 3.32. The molecule has 0 fully saturated rings. The molecule has 0 saturated heterocycles. The van der Waals surface area contributed by atoms with Crippen molar-refractivity contribution >= 4 is 27.7 Å². The Balaban J connectivity index is 1.88. The fourth-order valence-electron chi connectivity index (χ4n) is 1.89. The zero-order valence-electron chi connectivity index (χ0n) is 12.1. The van der Waals surface area contributed by atoms with Crippen LogP contribution < -0.4 is 5.32 Å². The normalized spacial score (nSPS) is 12.1. The van der Waals surface area contributed by atoms with Gasteiger partial charge < -0.3 is 15.4 Å². The van der Waals surface area contributed by atoms with Crippen molar-refractivity contribution in [3.63, 3.8) is 0 Å². The van der Waals surface area contributed by atoms with Gasteiger partial charge in [-0.15, -0.1) is 0 Å². The zero-order chi connectivity index (χ0) is 16.3. The van der Waals surface area contributed by atoms with Crippen LogP contribution >= 0.6 is 15.9 Å². The smallest absolute Gasteiger partial charge is 0.358 e. The molecule has 118 valence electrons. The predicted octanol–water partition coefficient (Wildman–Crippen LogP) is 1.44. The van der Waals surface area contributed by atoms with E-state index >= 15 is 0 Å². The van der Waals surface area contributed by atoms with Crippen molar-refractivity contribution in [2.75, 3.05) is 6.54 Å². The summed E-state index contributed by atoms with van der Waals surface area (Å²) in [5.41, 5.74) is 0.671. The molecule has 2 aromatic heterocycles. The molecule has 1 amide bonds. The highest BCUT2D eigenvalue weighted by molar-refractivity contribution is 9.10. The Bertz CT molecular complexity index is 695. The summed E-state index contributed by atoms with van der Waals surface area (Å²) in [6.45, 7) is 4.15. The minimum Gasteiger partial charge on any atom is -0.358 e. The minimum absolute atomic E-state index is 0.185. The van der Waals surface area contributed by atoms with Crippen LogP contribution in [0.3, 0.4) is 0 Å². The third-order valence-corrected chi connectivity index (χ3v) is 3.53. The highest BCUT2D eigenvalue weighted by Gasteiger charge is 2.17. The first-order chi connectivity index (χ1) is 10.4. The van der Waals surface area contributed by atoms with Crippen molar-refractivity contribution in [1.82, 2.24) is 24.9 Å². The molecule has 1 unspecified atom stereocenters. The second-order valence-electron chi connectivity index (χ2n) is 4.73. The summed E-state index contributed by atoms with van der Waals surface area (Å²) in [5, 5.41) is 21.3. The van der Waals surface area contributed by atoms with Crippen LogP contribution in [0, 0.1) is 17.0 Å². The van der Waals surface area contributed by atoms with E-state index < -0.39 is 11.0 Å². The highest BCUT2D eigenvalue weighted by Crippen LogP contribution is 2.12. The van der Waals surface area contributed by atoms with Crippen LogP contribution in [0.4, 0.5) is 5.82 Å². The number of aromatic nitrogens is 4. The van der Waals surface area contributed by atoms with Crippen molar-refractivity contribution < 1.29 is 9.72 Å². The van der Waals surface area contributed by atoms with Crippen LogP contribution in [0.5, 0.6) is 0 Å². The molecule has 1 atom stereocenters. The molecular formula is C12H15BrN6O3. The van der Waals surface area contributed by atoms with E-state index in [9.17, 15) is 14.9 Å². The van der Waals surface area contributed by atoms with E-state index in [4.69, 9.17) is 0 Å². The maximum Gasteiger partial charge on any atom is 0.390 e. The molecule has 1 N–H and O–H groups in total. The molecule has 10 heteroatoms. The number of carbonyl (C=O) groups is 1. The Labute approximate surface area is 134 Å². The van der Waals surface area contributed by atoms with Gasteiger partial charge in [0, 0.05) is 12.7 Å². The number of carbonyl (C=O) groups excluding carboxylic acids is 1. The molecule has 0 aliphatic carbocycles. The van der Waals surface area contributed by atoms with Gasteiger partial charge in [0.1, 0.15) is 6.04 Å². The molecule has 9 nitrogen and oxygen atoms in total. The summed E-state index contributed by atoms with van der Waals surface area (Å²) in [5.74, 6) is -0.381. The standard InChI is InChI=1S/C12H15BrN6O3/c1-8-5-11(19(21)22)16-17(8)4-3-14-12(20)9(2)18-7-10(13)6-15-18/h5-7,9H,3-4H2,1-2H3,(H,14,20). The van der Waals surface area contributed by atoms with E-state index in [1.54, 1.807) is 30.9 Å². The SMILES string of the molecule is Cc1cc([N+](=O)[O-])nn1CCNC(=O)C(C)n1cc(Br)cn1. The quantitative estimate of drug-likeness (QED) is 0.611. The van der Waals surface area contributed by atoms with E-state index in [1.165, 1.54) is 10.7 Å². The van der Waals surface area contributed by atoms with Crippen molar-refractivity contribution in [3.05, 3.63) is 38.7 Å². The van der Waals surface area contributed by atoms with Gasteiger partial charge in [-0.3, -0.25) is 9.48 Å². The van der Waals surface area contributed by atoms with Gasteiger partial charge in [-0.2, -0.15) is 9.78 Å². The summed E-state index contributed by atoms with van der Waals surface area (Å²) < 4.78 is 3.84. The van der Waals surface area contributed by atoms with Gasteiger partial charge in [0.15, 0.2) is 0 Å². The molecule has 2 aromatic rings. The van der Waals surface area contributed by atoms with E-state index in [0.29, 0.717) is 18.8 Å². The second kappa shape index (κ2) is 6.69. The van der Waals surface area contributed by atoms with Crippen molar-refractivity contribution in [2.24, 2.45) is 0 Å². The number of aryl methyl sites for hydroxylation is 1. The largest absolute Gasteiger partial charge is 0.390 e. The average molecular weight is 371 g/mol. The van der Waals surface area contributed by atoms with Gasteiger partial charge >= 0.3 is 5.82 Å². The number of amides is 1. The minimum atomic E-state index is -0.542. The molecule has 0 saturated carbocycles. The van der Waals surface area contributed by atoms with Gasteiger partial charge in [-0.1, -0.05) is 0 Å². The summed E-state index contributed by atoms with van der Waals surface area (Å²) in [7, 11) is 0. The summed E-state index contributed by atoms with van der Waals surface area (Å²) in [6, 6.07) is 0.950. The maximum atomic E-state index is 12.0. The lowest BCUT2D eigenvalue weighted by Gasteiger charge is -2.12. The third kappa shape index (κ3) is 3.70. The van der Waals surface area contributed by atoms with E-state index in [2.05, 4.69) is 31.4 Å². The van der Waals surface area contributed by atoms with Gasteiger partial charge in [-0.05, 0) is 34.7 Å². The molecule has 0 radical (unpaired) electrons. The molecule has 2 rings (SSSR count). The number of rotatable bonds is 6. The second-order valence-corrected chi connectivity index (χ2v) is 5.65. The molecule has 0 aromatic carbocycles. The van der Waals surface area contributed by atoms with Gasteiger partial charge in [0.25, 0.3) is 0 Å². The van der Waals surface area contributed by atoms with Crippen LogP contribution in [0.15, 0.2) is 22.9 Å². The highest BCUT2D eigenvalue weighted by atomic mass is 79.9. The fraction of sp³-hybridized carbons (Fsp3) is 0.417. The first-order valence-electron chi connectivity index (χ1n) is 6.54. The molecular weight excluding hydrogens is 356 g/mol. The Kier molecular flexibility index (Phi) is 4.91. The number of nitro groups is 1. The van der Waals surface area contributed by atoms with Crippen LogP contribution in [0.25, 0.3) is 0 Å². The Morgan fingerprint density at radius 3 is 2.86 bits per heavy atom. The van der Waals surface area contributed by atoms with Crippen LogP contribution in [-0.4, -0.2) is 36.9 Å². The molecule has 22 heavy (non-hydrogen) atoms. The first-order valence-corrected chi connectivity index (χ1v) is 7.34. The van der Waals surface area contributed by atoms with Crippen molar-refractivity contribution in [3.8, 4) is 0 Å². The topological polar surface area (TPSA) is 108 Å². The van der Waals surface area contributed by atoms with Gasteiger partial charge in [-0.25, -0.2) is 0 Å². The monoisotopic (exact) mass is 370 g/mol. The lowest BCUT2D eigenvalue weighted by molar-refractivity contribution is -0.389. The zero-order valence-corrected chi connectivity index (χ0v) is 13.6. The lowest BCUT2D eigenvalue weighted by Crippen LogP contribution is -2.33. The van der Waals surface area contributed by atoms with E-state index in [1.807, 2.05) is 0 Å². The molecule has 0 aliphatic rings. The van der Waals surface area contributed by atoms with Crippen LogP contribution in [0.2, 0.25) is 0 Å². The predicted molar refractivity (Wildman–Crippen MR) is 81.3 cm³/mol. The third-order valence-electron chi connectivity index (χ3n) is 3.12. The summed E-state index contributed by atoms with van der Waals surface area (Å²) in [4.78, 5) is 22.1. The Morgan fingerprint density at radius 2 is 2.32 bits per heavy atom. The number of nitrogens with zero attached hydrogens (tertiary/aromatic N) is 5. The number of nitrogens with one attached hydrogen (secondary N) is 1. The van der Waals surface area contributed by atoms with Crippen molar-refractivity contribution in [2.45, 2.75) is 26.4 Å². The van der Waals surface area contributed by atoms with Crippen LogP contribution in [0.1, 0.15) is 18.7 Å².